The number of hydrogen-bond donors (Lipinski definition) is 3. The van der Waals surface area contributed by atoms with Gasteiger partial charge in [0, 0.05) is 18.1 Å². The van der Waals surface area contributed by atoms with Crippen LogP contribution in [0.3, 0.4) is 0 Å². The molecule has 4 nitrogen and oxygen atoms in total. The largest absolute Gasteiger partial charge is 0.396 e. The first-order valence-electron chi connectivity index (χ1n) is 6.12. The highest BCUT2D eigenvalue weighted by atomic mass is 16.3. The van der Waals surface area contributed by atoms with Gasteiger partial charge in [0.15, 0.2) is 5.78 Å². The van der Waals surface area contributed by atoms with E-state index in [1.807, 2.05) is 6.92 Å². The third-order valence-electron chi connectivity index (χ3n) is 3.77. The molecule has 0 aromatic heterocycles. The lowest BCUT2D eigenvalue weighted by atomic mass is 9.91. The van der Waals surface area contributed by atoms with Crippen LogP contribution in [0.1, 0.15) is 45.6 Å². The van der Waals surface area contributed by atoms with Crippen molar-refractivity contribution in [2.45, 2.75) is 33.0 Å². The highest BCUT2D eigenvalue weighted by molar-refractivity contribution is 6.04. The minimum Gasteiger partial charge on any atom is -0.396 e. The fourth-order valence-electron chi connectivity index (χ4n) is 2.75. The maximum absolute atomic E-state index is 12.1. The van der Waals surface area contributed by atoms with Gasteiger partial charge in [-0.2, -0.15) is 0 Å². The summed E-state index contributed by atoms with van der Waals surface area (Å²) in [5, 5.41) is 28.6. The molecule has 98 valence electrons. The summed E-state index contributed by atoms with van der Waals surface area (Å²) >= 11 is 0. The SMILES string of the molecule is Cc1cc2c(c(CO)c1CCO)C(=O)[C@@H](C)[C@H]2O. The molecule has 0 bridgehead atoms. The Kier molecular flexibility index (Phi) is 3.52. The van der Waals surface area contributed by atoms with Gasteiger partial charge in [-0.1, -0.05) is 13.0 Å². The second-order valence-electron chi connectivity index (χ2n) is 4.84. The van der Waals surface area contributed by atoms with Crippen LogP contribution in [0.2, 0.25) is 0 Å². The Bertz CT molecular complexity index is 493. The van der Waals surface area contributed by atoms with Crippen molar-refractivity contribution in [2.24, 2.45) is 5.92 Å². The second kappa shape index (κ2) is 4.80. The Labute approximate surface area is 106 Å². The number of rotatable bonds is 3. The third kappa shape index (κ3) is 1.77. The van der Waals surface area contributed by atoms with Gasteiger partial charge in [0.05, 0.1) is 12.7 Å². The van der Waals surface area contributed by atoms with Crippen LogP contribution in [0, 0.1) is 12.8 Å². The van der Waals surface area contributed by atoms with Gasteiger partial charge < -0.3 is 15.3 Å². The van der Waals surface area contributed by atoms with E-state index in [-0.39, 0.29) is 19.0 Å². The summed E-state index contributed by atoms with van der Waals surface area (Å²) in [7, 11) is 0. The lowest BCUT2D eigenvalue weighted by molar-refractivity contribution is 0.0789. The average Bonchev–Trinajstić information content (AvgIpc) is 2.56. The Morgan fingerprint density at radius 2 is 1.94 bits per heavy atom. The van der Waals surface area contributed by atoms with Gasteiger partial charge in [0.25, 0.3) is 0 Å². The summed E-state index contributed by atoms with van der Waals surface area (Å²) in [6.07, 6.45) is -0.382. The van der Waals surface area contributed by atoms with Crippen LogP contribution >= 0.6 is 0 Å². The highest BCUT2D eigenvalue weighted by Crippen LogP contribution is 2.40. The van der Waals surface area contributed by atoms with Gasteiger partial charge in [-0.15, -0.1) is 0 Å². The van der Waals surface area contributed by atoms with Crippen LogP contribution in [0.15, 0.2) is 6.07 Å². The van der Waals surface area contributed by atoms with E-state index in [0.717, 1.165) is 11.1 Å². The molecule has 0 radical (unpaired) electrons. The lowest BCUT2D eigenvalue weighted by Crippen LogP contribution is -2.10. The van der Waals surface area contributed by atoms with Crippen LogP contribution in [0.5, 0.6) is 0 Å². The number of hydrogen-bond acceptors (Lipinski definition) is 4. The van der Waals surface area contributed by atoms with Crippen molar-refractivity contribution in [3.63, 3.8) is 0 Å². The maximum atomic E-state index is 12.1. The molecule has 3 N–H and O–H groups in total. The van der Waals surface area contributed by atoms with E-state index < -0.39 is 12.0 Å². The molecule has 0 spiro atoms. The van der Waals surface area contributed by atoms with Crippen molar-refractivity contribution in [1.82, 2.24) is 0 Å². The quantitative estimate of drug-likeness (QED) is 0.744. The first-order chi connectivity index (χ1) is 8.52. The van der Waals surface area contributed by atoms with Gasteiger partial charge in [-0.3, -0.25) is 4.79 Å². The number of fused-ring (bicyclic) bond motifs is 1. The normalized spacial score (nSPS) is 22.4. The Morgan fingerprint density at radius 3 is 2.50 bits per heavy atom. The number of carbonyl (C=O) groups excluding carboxylic acids is 1. The molecule has 2 atom stereocenters. The van der Waals surface area contributed by atoms with E-state index in [1.165, 1.54) is 0 Å². The summed E-state index contributed by atoms with van der Waals surface area (Å²) in [6, 6.07) is 1.80. The molecule has 0 saturated carbocycles. The number of aryl methyl sites for hydroxylation is 1. The molecule has 1 aliphatic rings. The van der Waals surface area contributed by atoms with Gasteiger partial charge in [-0.05, 0) is 35.6 Å². The molecule has 2 rings (SSSR count). The average molecular weight is 250 g/mol. The van der Waals surface area contributed by atoms with Crippen molar-refractivity contribution >= 4 is 5.78 Å². The van der Waals surface area contributed by atoms with Crippen LogP contribution in [0.25, 0.3) is 0 Å². The zero-order chi connectivity index (χ0) is 13.4. The number of benzene rings is 1. The Balaban J connectivity index is 2.69. The zero-order valence-corrected chi connectivity index (χ0v) is 10.6. The predicted molar refractivity (Wildman–Crippen MR) is 66.3 cm³/mol. The monoisotopic (exact) mass is 250 g/mol. The number of aliphatic hydroxyl groups is 3. The minimum atomic E-state index is -0.792. The fraction of sp³-hybridized carbons (Fsp3) is 0.500. The van der Waals surface area contributed by atoms with Crippen LogP contribution in [0.4, 0.5) is 0 Å². The predicted octanol–water partition coefficient (Wildman–Crippen LogP) is 0.888. The van der Waals surface area contributed by atoms with E-state index in [9.17, 15) is 15.0 Å². The maximum Gasteiger partial charge on any atom is 0.169 e. The number of carbonyl (C=O) groups is 1. The van der Waals surface area contributed by atoms with Gasteiger partial charge >= 0.3 is 0 Å². The van der Waals surface area contributed by atoms with E-state index in [2.05, 4.69) is 0 Å². The van der Waals surface area contributed by atoms with Crippen LogP contribution < -0.4 is 0 Å². The molecule has 0 amide bonds. The molecule has 1 aromatic carbocycles. The molecule has 0 aliphatic heterocycles. The van der Waals surface area contributed by atoms with Gasteiger partial charge in [0.1, 0.15) is 0 Å². The molecule has 0 heterocycles. The molecule has 1 aliphatic carbocycles. The topological polar surface area (TPSA) is 77.8 Å². The molecule has 4 heteroatoms. The van der Waals surface area contributed by atoms with Crippen molar-refractivity contribution in [3.05, 3.63) is 33.9 Å². The van der Waals surface area contributed by atoms with E-state index in [4.69, 9.17) is 5.11 Å². The van der Waals surface area contributed by atoms with Gasteiger partial charge in [0.2, 0.25) is 0 Å². The van der Waals surface area contributed by atoms with Crippen molar-refractivity contribution < 1.29 is 20.1 Å². The molecular weight excluding hydrogens is 232 g/mol. The summed E-state index contributed by atoms with van der Waals surface area (Å²) < 4.78 is 0. The van der Waals surface area contributed by atoms with E-state index in [1.54, 1.807) is 13.0 Å². The molecular formula is C14H18O4. The second-order valence-corrected chi connectivity index (χ2v) is 4.84. The molecule has 0 saturated heterocycles. The lowest BCUT2D eigenvalue weighted by Gasteiger charge is -2.15. The Morgan fingerprint density at radius 1 is 1.28 bits per heavy atom. The first kappa shape index (κ1) is 13.2. The summed E-state index contributed by atoms with van der Waals surface area (Å²) in [6.45, 7) is 3.28. The number of ketones is 1. The van der Waals surface area contributed by atoms with Crippen molar-refractivity contribution in [3.8, 4) is 0 Å². The van der Waals surface area contributed by atoms with Crippen LogP contribution in [-0.4, -0.2) is 27.7 Å². The summed E-state index contributed by atoms with van der Waals surface area (Å²) in [5.41, 5.74) is 3.33. The van der Waals surface area contributed by atoms with E-state index in [0.29, 0.717) is 23.1 Å². The number of aliphatic hydroxyl groups excluding tert-OH is 3. The summed E-state index contributed by atoms with van der Waals surface area (Å²) in [4.78, 5) is 12.1. The molecule has 0 fully saturated rings. The first-order valence-corrected chi connectivity index (χ1v) is 6.12. The highest BCUT2D eigenvalue weighted by Gasteiger charge is 2.38. The summed E-state index contributed by atoms with van der Waals surface area (Å²) in [5.74, 6) is -0.588. The molecule has 18 heavy (non-hydrogen) atoms. The Hall–Kier alpha value is -1.23. The van der Waals surface area contributed by atoms with Crippen molar-refractivity contribution in [1.29, 1.82) is 0 Å². The molecule has 0 unspecified atom stereocenters. The van der Waals surface area contributed by atoms with Gasteiger partial charge in [-0.25, -0.2) is 0 Å². The molecule has 1 aromatic rings. The van der Waals surface area contributed by atoms with Crippen LogP contribution in [-0.2, 0) is 13.0 Å². The smallest absolute Gasteiger partial charge is 0.169 e. The standard InChI is InChI=1S/C14H18O4/c1-7-5-10-12(14(18)8(2)13(10)17)11(6-16)9(7)3-4-15/h5,8,13,15-17H,3-4,6H2,1-2H3/t8-,13+/m0/s1. The third-order valence-corrected chi connectivity index (χ3v) is 3.77. The van der Waals surface area contributed by atoms with E-state index >= 15 is 0 Å². The zero-order valence-electron chi connectivity index (χ0n) is 10.6. The number of Topliss-reactive ketones (excluding diaryl/α,β-unsaturated/α-hetero) is 1. The fourth-order valence-corrected chi connectivity index (χ4v) is 2.75. The van der Waals surface area contributed by atoms with Crippen molar-refractivity contribution in [2.75, 3.05) is 6.61 Å². The minimum absolute atomic E-state index is 0.0288.